The van der Waals surface area contributed by atoms with Crippen LogP contribution in [0.25, 0.3) is 15.8 Å². The maximum atomic E-state index is 6.34. The van der Waals surface area contributed by atoms with E-state index in [-0.39, 0.29) is 6.10 Å². The molecule has 0 fully saturated rings. The van der Waals surface area contributed by atoms with Crippen LogP contribution in [0.15, 0.2) is 101 Å². The van der Waals surface area contributed by atoms with Crippen LogP contribution in [0.1, 0.15) is 31.7 Å². The monoisotopic (exact) mass is 411 g/mol. The summed E-state index contributed by atoms with van der Waals surface area (Å²) in [5.74, 6) is 1.33. The van der Waals surface area contributed by atoms with Crippen molar-refractivity contribution in [3.05, 3.63) is 106 Å². The van der Waals surface area contributed by atoms with Gasteiger partial charge >= 0.3 is 0 Å². The second-order valence-corrected chi connectivity index (χ2v) is 8.87. The molecule has 0 spiro atoms. The third-order valence-electron chi connectivity index (χ3n) is 5.96. The molecule has 2 aromatic rings. The van der Waals surface area contributed by atoms with E-state index in [1.54, 1.807) is 11.3 Å². The first-order valence-electron chi connectivity index (χ1n) is 10.6. The maximum absolute atomic E-state index is 6.34. The summed E-state index contributed by atoms with van der Waals surface area (Å²) in [7, 11) is 0. The molecular weight excluding hydrogens is 386 g/mol. The predicted molar refractivity (Wildman–Crippen MR) is 127 cm³/mol. The molecule has 0 N–H and O–H groups in total. The number of allylic oxidation sites excluding steroid dienone is 10. The number of nitrogens with zero attached hydrogens (tertiary/aromatic N) is 1. The molecule has 1 aliphatic heterocycles. The summed E-state index contributed by atoms with van der Waals surface area (Å²) >= 11 is 1.79. The van der Waals surface area contributed by atoms with Gasteiger partial charge in [-0.3, -0.25) is 0 Å². The fraction of sp³-hybridized carbons (Fsp3) is 0.222. The second-order valence-electron chi connectivity index (χ2n) is 7.84. The number of hydrogen-bond donors (Lipinski definition) is 0. The minimum Gasteiger partial charge on any atom is -0.489 e. The number of fused-ring (bicyclic) bond motifs is 2. The number of thiazole rings is 1. The number of rotatable bonds is 4. The molecule has 3 heteroatoms. The largest absolute Gasteiger partial charge is 0.489 e. The van der Waals surface area contributed by atoms with Gasteiger partial charge in [-0.05, 0) is 55.5 Å². The number of para-hydroxylation sites is 1. The molecule has 0 saturated heterocycles. The van der Waals surface area contributed by atoms with Crippen LogP contribution in [0.4, 0.5) is 0 Å². The van der Waals surface area contributed by atoms with E-state index >= 15 is 0 Å². The first-order valence-corrected chi connectivity index (χ1v) is 11.4. The molecule has 2 aliphatic carbocycles. The smallest absolute Gasteiger partial charge is 0.134 e. The molecule has 2 nitrogen and oxygen atoms in total. The highest BCUT2D eigenvalue weighted by atomic mass is 32.1. The molecule has 0 bridgehead atoms. The number of ether oxygens (including phenoxy) is 1. The third-order valence-corrected chi connectivity index (χ3v) is 7.08. The number of benzene rings is 1. The molecule has 0 amide bonds. The summed E-state index contributed by atoms with van der Waals surface area (Å²) in [5.41, 5.74) is 6.40. The number of hydrogen-bond acceptors (Lipinski definition) is 3. The summed E-state index contributed by atoms with van der Waals surface area (Å²) < 4.78 is 7.59. The minimum atomic E-state index is 0.0870. The zero-order chi connectivity index (χ0) is 20.5. The van der Waals surface area contributed by atoms with Gasteiger partial charge in [0.15, 0.2) is 0 Å². The quantitative estimate of drug-likeness (QED) is 0.492. The van der Waals surface area contributed by atoms with E-state index in [9.17, 15) is 0 Å². The highest BCUT2D eigenvalue weighted by Gasteiger charge is 2.37. The molecule has 0 saturated carbocycles. The molecule has 1 aromatic carbocycles. The lowest BCUT2D eigenvalue weighted by Gasteiger charge is -2.27. The van der Waals surface area contributed by atoms with Gasteiger partial charge in [0, 0.05) is 11.5 Å². The van der Waals surface area contributed by atoms with Crippen molar-refractivity contribution >= 4 is 27.1 Å². The Kier molecular flexibility index (Phi) is 5.14. The van der Waals surface area contributed by atoms with E-state index in [1.807, 2.05) is 13.0 Å². The Morgan fingerprint density at radius 2 is 1.90 bits per heavy atom. The molecule has 2 heterocycles. The molecule has 0 radical (unpaired) electrons. The predicted octanol–water partition coefficient (Wildman–Crippen LogP) is 7.32. The average molecular weight is 412 g/mol. The Hall–Kier alpha value is -2.91. The fourth-order valence-corrected chi connectivity index (χ4v) is 5.44. The Bertz CT molecular complexity index is 1170. The van der Waals surface area contributed by atoms with Crippen molar-refractivity contribution in [1.29, 1.82) is 0 Å². The van der Waals surface area contributed by atoms with Crippen molar-refractivity contribution in [3.63, 3.8) is 0 Å². The van der Waals surface area contributed by atoms with E-state index in [4.69, 9.17) is 9.72 Å². The van der Waals surface area contributed by atoms with Gasteiger partial charge in [0.05, 0.1) is 16.0 Å². The van der Waals surface area contributed by atoms with Gasteiger partial charge < -0.3 is 4.74 Å². The SMILES string of the molecule is C/C=C\C=C/C1=C(C)OC2C(C3=CC=C(c4nc5ccccc5s4)CC3)=CC=CC12. The van der Waals surface area contributed by atoms with E-state index in [1.165, 1.54) is 27.0 Å². The van der Waals surface area contributed by atoms with Crippen LogP contribution in [0, 0.1) is 5.92 Å². The van der Waals surface area contributed by atoms with Crippen LogP contribution < -0.4 is 0 Å². The van der Waals surface area contributed by atoms with Gasteiger partial charge in [-0.2, -0.15) is 0 Å². The Morgan fingerprint density at radius 1 is 1.07 bits per heavy atom. The first-order chi connectivity index (χ1) is 14.7. The third kappa shape index (κ3) is 3.44. The van der Waals surface area contributed by atoms with Gasteiger partial charge in [0.2, 0.25) is 0 Å². The van der Waals surface area contributed by atoms with E-state index in [2.05, 4.69) is 79.8 Å². The van der Waals surface area contributed by atoms with Crippen LogP contribution in [0.2, 0.25) is 0 Å². The summed E-state index contributed by atoms with van der Waals surface area (Å²) in [6.45, 7) is 4.12. The highest BCUT2D eigenvalue weighted by Crippen LogP contribution is 2.43. The van der Waals surface area contributed by atoms with Crippen molar-refractivity contribution in [1.82, 2.24) is 4.98 Å². The summed E-state index contributed by atoms with van der Waals surface area (Å²) in [4.78, 5) is 4.83. The normalized spacial score (nSPS) is 23.7. The summed E-state index contributed by atoms with van der Waals surface area (Å²) in [6, 6.07) is 8.37. The van der Waals surface area contributed by atoms with E-state index < -0.39 is 0 Å². The van der Waals surface area contributed by atoms with Gasteiger partial charge in [0.1, 0.15) is 11.1 Å². The molecule has 150 valence electrons. The van der Waals surface area contributed by atoms with Crippen molar-refractivity contribution in [3.8, 4) is 0 Å². The second kappa shape index (κ2) is 8.08. The summed E-state index contributed by atoms with van der Waals surface area (Å²) in [5, 5.41) is 1.15. The molecule has 5 rings (SSSR count). The highest BCUT2D eigenvalue weighted by molar-refractivity contribution is 7.19. The molecule has 30 heavy (non-hydrogen) atoms. The molecule has 3 aliphatic rings. The van der Waals surface area contributed by atoms with Crippen LogP contribution in [-0.4, -0.2) is 11.1 Å². The maximum Gasteiger partial charge on any atom is 0.134 e. The zero-order valence-corrected chi connectivity index (χ0v) is 18.2. The standard InChI is InChI=1S/C27H25NOS/c1-3-4-5-9-21-18(2)29-26-22(10-8-11-23(21)26)19-14-16-20(17-15-19)27-28-24-12-6-7-13-25(24)30-27/h3-14,16,23,26H,15,17H2,1-2H3/b4-3-,9-5-. The topological polar surface area (TPSA) is 22.1 Å². The average Bonchev–Trinajstić information content (AvgIpc) is 3.35. The summed E-state index contributed by atoms with van der Waals surface area (Å²) in [6.07, 6.45) is 21.8. The fourth-order valence-electron chi connectivity index (χ4n) is 4.42. The molecule has 2 unspecified atom stereocenters. The molecule has 2 atom stereocenters. The van der Waals surface area contributed by atoms with Crippen molar-refractivity contribution in [2.45, 2.75) is 32.8 Å². The molecule has 1 aromatic heterocycles. The number of aromatic nitrogens is 1. The Labute approximate surface area is 182 Å². The van der Waals surface area contributed by atoms with Gasteiger partial charge in [-0.1, -0.05) is 66.8 Å². The van der Waals surface area contributed by atoms with Crippen LogP contribution in [0.3, 0.4) is 0 Å². The van der Waals surface area contributed by atoms with Crippen LogP contribution in [-0.2, 0) is 4.74 Å². The minimum absolute atomic E-state index is 0.0870. The van der Waals surface area contributed by atoms with Crippen molar-refractivity contribution < 1.29 is 4.74 Å². The van der Waals surface area contributed by atoms with Gasteiger partial charge in [-0.15, -0.1) is 11.3 Å². The van der Waals surface area contributed by atoms with Gasteiger partial charge in [-0.25, -0.2) is 4.98 Å². The van der Waals surface area contributed by atoms with E-state index in [0.29, 0.717) is 5.92 Å². The Morgan fingerprint density at radius 3 is 2.70 bits per heavy atom. The lowest BCUT2D eigenvalue weighted by atomic mass is 9.81. The van der Waals surface area contributed by atoms with Crippen molar-refractivity contribution in [2.24, 2.45) is 5.92 Å². The first kappa shape index (κ1) is 19.1. The van der Waals surface area contributed by atoms with Crippen LogP contribution >= 0.6 is 11.3 Å². The van der Waals surface area contributed by atoms with E-state index in [0.717, 1.165) is 29.1 Å². The Balaban J connectivity index is 1.39. The zero-order valence-electron chi connectivity index (χ0n) is 17.3. The lowest BCUT2D eigenvalue weighted by molar-refractivity contribution is 0.157. The van der Waals surface area contributed by atoms with Crippen molar-refractivity contribution in [2.75, 3.05) is 0 Å². The van der Waals surface area contributed by atoms with Gasteiger partial charge in [0.25, 0.3) is 0 Å². The lowest BCUT2D eigenvalue weighted by Crippen LogP contribution is -2.23. The van der Waals surface area contributed by atoms with Crippen LogP contribution in [0.5, 0.6) is 0 Å². The molecular formula is C27H25NOS.